The molecule has 0 N–H and O–H groups in total. The molecule has 0 atom stereocenters. The Morgan fingerprint density at radius 3 is 2.47 bits per heavy atom. The minimum Gasteiger partial charge on any atom is -0.480 e. The highest BCUT2D eigenvalue weighted by Crippen LogP contribution is 2.45. The second kappa shape index (κ2) is 6.90. The number of fused-ring (bicyclic) bond motifs is 1. The Bertz CT molecular complexity index is 1120. The van der Waals surface area contributed by atoms with Crippen molar-refractivity contribution < 1.29 is 18.3 Å². The summed E-state index contributed by atoms with van der Waals surface area (Å²) in [6.45, 7) is 4.53. The first-order valence-corrected chi connectivity index (χ1v) is 9.60. The Labute approximate surface area is 176 Å². The number of ether oxygens (including phenoxy) is 2. The fourth-order valence-corrected chi connectivity index (χ4v) is 3.67. The van der Waals surface area contributed by atoms with Crippen LogP contribution in [0.4, 0.5) is 14.6 Å². The van der Waals surface area contributed by atoms with Gasteiger partial charge in [-0.2, -0.15) is 10.1 Å². The predicted octanol–water partition coefficient (Wildman–Crippen LogP) is 3.65. The maximum atomic E-state index is 14.5. The Hall–Kier alpha value is -2.75. The van der Waals surface area contributed by atoms with E-state index in [1.54, 1.807) is 31.7 Å². The molecule has 0 spiro atoms. The van der Waals surface area contributed by atoms with E-state index in [2.05, 4.69) is 20.1 Å². The molecule has 1 aliphatic rings. The van der Waals surface area contributed by atoms with E-state index in [1.807, 2.05) is 0 Å². The molecule has 3 aromatic rings. The van der Waals surface area contributed by atoms with Crippen LogP contribution in [0.2, 0.25) is 5.15 Å². The second-order valence-electron chi connectivity index (χ2n) is 7.86. The van der Waals surface area contributed by atoms with Gasteiger partial charge in [0, 0.05) is 18.2 Å². The number of rotatable bonds is 4. The van der Waals surface area contributed by atoms with Crippen molar-refractivity contribution in [3.8, 4) is 23.1 Å². The molecule has 30 heavy (non-hydrogen) atoms. The molecule has 1 fully saturated rings. The molecule has 4 rings (SSSR count). The van der Waals surface area contributed by atoms with Gasteiger partial charge in [0.15, 0.2) is 11.0 Å². The maximum absolute atomic E-state index is 14.5. The van der Waals surface area contributed by atoms with Crippen molar-refractivity contribution in [2.45, 2.75) is 26.7 Å². The van der Waals surface area contributed by atoms with Crippen molar-refractivity contribution in [3.63, 3.8) is 0 Å². The molecule has 1 saturated heterocycles. The number of alkyl halides is 2. The molecule has 8 nitrogen and oxygen atoms in total. The van der Waals surface area contributed by atoms with Crippen LogP contribution in [0.25, 0.3) is 16.8 Å². The van der Waals surface area contributed by atoms with Gasteiger partial charge in [0.05, 0.1) is 32.0 Å². The largest absolute Gasteiger partial charge is 0.480 e. The summed E-state index contributed by atoms with van der Waals surface area (Å²) in [6.07, 6.45) is 1.52. The first kappa shape index (κ1) is 20.5. The number of nitrogens with zero attached hydrogens (tertiary/aromatic N) is 6. The zero-order valence-electron chi connectivity index (χ0n) is 17.2. The number of aromatic nitrogens is 5. The van der Waals surface area contributed by atoms with Gasteiger partial charge in [-0.25, -0.2) is 23.3 Å². The molecule has 1 aliphatic heterocycles. The third-order valence-corrected chi connectivity index (χ3v) is 5.78. The zero-order chi connectivity index (χ0) is 21.8. The summed E-state index contributed by atoms with van der Waals surface area (Å²) in [4.78, 5) is 14.4. The van der Waals surface area contributed by atoms with Gasteiger partial charge in [0.1, 0.15) is 11.2 Å². The molecule has 3 aromatic heterocycles. The summed E-state index contributed by atoms with van der Waals surface area (Å²) in [5, 5.41) is 4.83. The predicted molar refractivity (Wildman–Crippen MR) is 108 cm³/mol. The Balaban J connectivity index is 1.88. The minimum atomic E-state index is -2.85. The molecule has 0 saturated carbocycles. The van der Waals surface area contributed by atoms with Gasteiger partial charge in [-0.3, -0.25) is 0 Å². The van der Waals surface area contributed by atoms with Crippen molar-refractivity contribution in [1.82, 2.24) is 24.6 Å². The SMILES string of the molecule is COc1ncc(-c2cc3c(N4CC(C)(C)C(F)(F)C4)nc(C)c(Cl)n3n2)c(OC)n1. The molecule has 0 bridgehead atoms. The van der Waals surface area contributed by atoms with E-state index in [-0.39, 0.29) is 18.4 Å². The molecule has 0 aromatic carbocycles. The topological polar surface area (TPSA) is 77.7 Å². The standard InChI is InChI=1S/C19H21ClF2N6O2/c1-10-14(20)28-13(15(24-10)27-8-18(2,3)19(21,22)9-27)6-12(26-28)11-7-23-17(30-5)25-16(11)29-4/h6-7H,8-9H2,1-5H3. The van der Waals surface area contributed by atoms with Crippen LogP contribution in [0.5, 0.6) is 11.9 Å². The van der Waals surface area contributed by atoms with Crippen LogP contribution in [0.3, 0.4) is 0 Å². The lowest BCUT2D eigenvalue weighted by atomic mass is 9.89. The van der Waals surface area contributed by atoms with Crippen LogP contribution in [-0.2, 0) is 0 Å². The fourth-order valence-electron chi connectivity index (χ4n) is 3.50. The van der Waals surface area contributed by atoms with Crippen LogP contribution in [0.1, 0.15) is 19.5 Å². The van der Waals surface area contributed by atoms with Crippen LogP contribution in [-0.4, -0.2) is 57.8 Å². The summed E-state index contributed by atoms with van der Waals surface area (Å²) in [5.41, 5.74) is 0.783. The van der Waals surface area contributed by atoms with Crippen molar-refractivity contribution in [2.75, 3.05) is 32.2 Å². The van der Waals surface area contributed by atoms with E-state index >= 15 is 0 Å². The molecular formula is C19H21ClF2N6O2. The maximum Gasteiger partial charge on any atom is 0.319 e. The second-order valence-corrected chi connectivity index (χ2v) is 8.22. The summed E-state index contributed by atoms with van der Waals surface area (Å²) < 4.78 is 40.9. The van der Waals surface area contributed by atoms with Crippen LogP contribution in [0.15, 0.2) is 12.3 Å². The average Bonchev–Trinajstić information content (AvgIpc) is 3.22. The van der Waals surface area contributed by atoms with Gasteiger partial charge in [-0.05, 0) is 13.0 Å². The molecule has 0 unspecified atom stereocenters. The van der Waals surface area contributed by atoms with Crippen LogP contribution in [0, 0.1) is 12.3 Å². The lowest BCUT2D eigenvalue weighted by molar-refractivity contribution is -0.0642. The number of aryl methyl sites for hydroxylation is 1. The highest BCUT2D eigenvalue weighted by Gasteiger charge is 2.54. The first-order chi connectivity index (χ1) is 14.1. The number of hydrogen-bond acceptors (Lipinski definition) is 7. The quantitative estimate of drug-likeness (QED) is 0.615. The van der Waals surface area contributed by atoms with Crippen molar-refractivity contribution in [2.24, 2.45) is 5.41 Å². The molecule has 160 valence electrons. The van der Waals surface area contributed by atoms with Crippen molar-refractivity contribution in [1.29, 1.82) is 0 Å². The number of methoxy groups -OCH3 is 2. The van der Waals surface area contributed by atoms with Gasteiger partial charge in [-0.1, -0.05) is 25.4 Å². The van der Waals surface area contributed by atoms with E-state index in [4.69, 9.17) is 21.1 Å². The van der Waals surface area contributed by atoms with Gasteiger partial charge >= 0.3 is 6.01 Å². The van der Waals surface area contributed by atoms with Gasteiger partial charge in [0.2, 0.25) is 5.88 Å². The average molecular weight is 439 g/mol. The van der Waals surface area contributed by atoms with E-state index in [1.165, 1.54) is 24.9 Å². The summed E-state index contributed by atoms with van der Waals surface area (Å²) in [5.74, 6) is -2.19. The summed E-state index contributed by atoms with van der Waals surface area (Å²) in [7, 11) is 2.92. The number of hydrogen-bond donors (Lipinski definition) is 0. The normalized spacial score (nSPS) is 17.5. The van der Waals surface area contributed by atoms with Gasteiger partial charge in [-0.15, -0.1) is 0 Å². The van der Waals surface area contributed by atoms with Crippen molar-refractivity contribution >= 4 is 22.9 Å². The lowest BCUT2D eigenvalue weighted by Gasteiger charge is -2.24. The molecular weight excluding hydrogens is 418 g/mol. The van der Waals surface area contributed by atoms with E-state index < -0.39 is 17.9 Å². The first-order valence-electron chi connectivity index (χ1n) is 9.22. The van der Waals surface area contributed by atoms with E-state index in [0.717, 1.165) is 0 Å². The van der Waals surface area contributed by atoms with Crippen LogP contribution >= 0.6 is 11.6 Å². The minimum absolute atomic E-state index is 0.150. The molecule has 0 radical (unpaired) electrons. The zero-order valence-corrected chi connectivity index (χ0v) is 18.0. The molecule has 4 heterocycles. The van der Waals surface area contributed by atoms with E-state index in [0.29, 0.717) is 33.4 Å². The lowest BCUT2D eigenvalue weighted by Crippen LogP contribution is -2.34. The monoisotopic (exact) mass is 438 g/mol. The smallest absolute Gasteiger partial charge is 0.319 e. The van der Waals surface area contributed by atoms with Gasteiger partial charge < -0.3 is 14.4 Å². The Morgan fingerprint density at radius 1 is 1.13 bits per heavy atom. The van der Waals surface area contributed by atoms with Gasteiger partial charge in [0.25, 0.3) is 5.92 Å². The van der Waals surface area contributed by atoms with Crippen LogP contribution < -0.4 is 14.4 Å². The van der Waals surface area contributed by atoms with Crippen molar-refractivity contribution in [3.05, 3.63) is 23.1 Å². The molecule has 11 heteroatoms. The number of halogens is 3. The summed E-state index contributed by atoms with van der Waals surface area (Å²) >= 11 is 6.43. The number of anilines is 1. The Morgan fingerprint density at radius 2 is 1.87 bits per heavy atom. The fraction of sp³-hybridized carbons (Fsp3) is 0.474. The summed E-state index contributed by atoms with van der Waals surface area (Å²) in [6, 6.07) is 1.86. The Kier molecular flexibility index (Phi) is 4.72. The third-order valence-electron chi connectivity index (χ3n) is 5.35. The third kappa shape index (κ3) is 3.10. The molecule has 0 amide bonds. The molecule has 0 aliphatic carbocycles. The highest BCUT2D eigenvalue weighted by molar-refractivity contribution is 6.30. The highest BCUT2D eigenvalue weighted by atomic mass is 35.5. The van der Waals surface area contributed by atoms with E-state index in [9.17, 15) is 8.78 Å².